The molecule has 2 aliphatic heterocycles. The van der Waals surface area contributed by atoms with Crippen molar-refractivity contribution in [1.82, 2.24) is 0 Å². The lowest BCUT2D eigenvalue weighted by Crippen LogP contribution is -2.05. The molecule has 0 radical (unpaired) electrons. The number of esters is 4. The van der Waals surface area contributed by atoms with Crippen LogP contribution in [0.1, 0.15) is 62.9 Å². The highest BCUT2D eigenvalue weighted by atomic mass is 16.6. The third kappa shape index (κ3) is 8.83. The molecule has 0 spiro atoms. The molecule has 0 saturated carbocycles. The number of nitrogens with two attached hydrogens (primary N) is 3. The van der Waals surface area contributed by atoms with Gasteiger partial charge in [-0.1, -0.05) is 42.3 Å². The Balaban J connectivity index is 0.000000154. The lowest BCUT2D eigenvalue weighted by molar-refractivity contribution is 0.0425. The number of terminal acetylenes is 1. The molecule has 0 bridgehead atoms. The quantitative estimate of drug-likeness (QED) is 0.0511. The van der Waals surface area contributed by atoms with Crippen LogP contribution < -0.4 is 26.7 Å². The zero-order chi connectivity index (χ0) is 39.1. The maximum Gasteiger partial charge on any atom is 0.346 e. The lowest BCUT2D eigenvalue weighted by atomic mass is 9.96. The topological polar surface area (TPSA) is 200 Å². The summed E-state index contributed by atoms with van der Waals surface area (Å²) >= 11 is 0. The maximum absolute atomic E-state index is 12.5. The van der Waals surface area contributed by atoms with E-state index in [0.717, 1.165) is 5.56 Å². The van der Waals surface area contributed by atoms with E-state index in [1.807, 2.05) is 72.8 Å². The summed E-state index contributed by atoms with van der Waals surface area (Å²) in [7, 11) is 0. The van der Waals surface area contributed by atoms with Crippen molar-refractivity contribution in [3.8, 4) is 35.3 Å². The molecule has 2 aliphatic rings. The minimum Gasteiger partial charge on any atom is -0.457 e. The number of benzene rings is 6. The first-order valence-corrected chi connectivity index (χ1v) is 16.3. The molecular formula is C43H29N3O9. The zero-order valence-corrected chi connectivity index (χ0v) is 28.7. The molecule has 0 saturated heterocycles. The van der Waals surface area contributed by atoms with Gasteiger partial charge in [-0.15, -0.1) is 6.42 Å². The summed E-state index contributed by atoms with van der Waals surface area (Å²) in [5, 5.41) is 0. The zero-order valence-electron chi connectivity index (χ0n) is 28.7. The Hall–Kier alpha value is -8.17. The van der Waals surface area contributed by atoms with Crippen molar-refractivity contribution < 1.29 is 42.9 Å². The molecule has 12 nitrogen and oxygen atoms in total. The minimum atomic E-state index is -0.812. The van der Waals surface area contributed by atoms with E-state index in [2.05, 4.69) is 15.4 Å². The smallest absolute Gasteiger partial charge is 0.346 e. The molecule has 8 rings (SSSR count). The van der Waals surface area contributed by atoms with E-state index in [0.29, 0.717) is 40.1 Å². The van der Waals surface area contributed by atoms with Crippen LogP contribution in [-0.2, 0) is 9.47 Å². The van der Waals surface area contributed by atoms with E-state index >= 15 is 0 Å². The summed E-state index contributed by atoms with van der Waals surface area (Å²) in [5.74, 6) is 1.59. The highest BCUT2D eigenvalue weighted by Crippen LogP contribution is 2.30. The summed E-state index contributed by atoms with van der Waals surface area (Å²) in [4.78, 5) is 58.5. The number of ether oxygens (including phenoxy) is 4. The molecule has 55 heavy (non-hydrogen) atoms. The van der Waals surface area contributed by atoms with Gasteiger partial charge in [0.25, 0.3) is 0 Å². The fourth-order valence-corrected chi connectivity index (χ4v) is 5.28. The molecule has 0 fully saturated rings. The molecule has 0 aliphatic carbocycles. The predicted octanol–water partition coefficient (Wildman–Crippen LogP) is 7.22. The van der Waals surface area contributed by atoms with Crippen molar-refractivity contribution in [2.45, 2.75) is 0 Å². The van der Waals surface area contributed by atoms with E-state index in [1.54, 1.807) is 24.3 Å². The van der Waals surface area contributed by atoms with Crippen molar-refractivity contribution >= 4 is 46.7 Å². The van der Waals surface area contributed by atoms with Gasteiger partial charge in [-0.2, -0.15) is 0 Å². The van der Waals surface area contributed by atoms with Crippen molar-refractivity contribution in [2.24, 2.45) is 0 Å². The van der Waals surface area contributed by atoms with Gasteiger partial charge >= 0.3 is 23.9 Å². The molecule has 12 heteroatoms. The maximum atomic E-state index is 12.5. The van der Waals surface area contributed by atoms with Gasteiger partial charge in [0.15, 0.2) is 5.78 Å². The normalized spacial score (nSPS) is 12.0. The molecule has 270 valence electrons. The van der Waals surface area contributed by atoms with E-state index in [9.17, 15) is 24.0 Å². The van der Waals surface area contributed by atoms with Crippen LogP contribution in [0.25, 0.3) is 0 Å². The molecule has 6 aromatic carbocycles. The number of carbonyl (C=O) groups is 5. The number of hydrogen-bond donors (Lipinski definition) is 3. The highest BCUT2D eigenvalue weighted by Gasteiger charge is 2.32. The van der Waals surface area contributed by atoms with E-state index in [-0.39, 0.29) is 33.4 Å². The Morgan fingerprint density at radius 2 is 0.855 bits per heavy atom. The van der Waals surface area contributed by atoms with Gasteiger partial charge in [0.2, 0.25) is 0 Å². The van der Waals surface area contributed by atoms with Gasteiger partial charge in [0.1, 0.15) is 23.0 Å². The predicted molar refractivity (Wildman–Crippen MR) is 203 cm³/mol. The molecule has 0 amide bonds. The number of carbonyl (C=O) groups excluding carboxylic acids is 5. The first-order valence-electron chi connectivity index (χ1n) is 16.3. The first kappa shape index (κ1) is 36.6. The van der Waals surface area contributed by atoms with Gasteiger partial charge in [0, 0.05) is 52.0 Å². The Morgan fingerprint density at radius 1 is 0.473 bits per heavy atom. The summed E-state index contributed by atoms with van der Waals surface area (Å²) in [6.07, 6.45) is 5.11. The Morgan fingerprint density at radius 3 is 1.25 bits per heavy atom. The van der Waals surface area contributed by atoms with Crippen LogP contribution in [0.4, 0.5) is 17.1 Å². The van der Waals surface area contributed by atoms with Crippen molar-refractivity contribution in [2.75, 3.05) is 17.2 Å². The standard InChI is InChI=1S/C18H16N2O2.C17H6O7.C8H7N/c19-13-4-1-6-15(10-13)21-17-8-3-9-18(12-17)22-16-7-2-5-14(20)11-16;18-13(7-1-3-9-11(5-7)16(21)23-14(9)19)8-2-4-10-12(6-8)17(22)24-15(10)20;1-2-7-4-3-5-8(9)6-7/h1-12H,19-20H2;1-6H;1,3-6H,9H2. The molecule has 2 heterocycles. The Bertz CT molecular complexity index is 2410. The Kier molecular flexibility index (Phi) is 10.7. The first-order chi connectivity index (χ1) is 26.5. The van der Waals surface area contributed by atoms with Crippen LogP contribution in [-0.4, -0.2) is 29.7 Å². The molecule has 6 N–H and O–H groups in total. The van der Waals surface area contributed by atoms with Crippen molar-refractivity contribution in [3.05, 3.63) is 172 Å². The fraction of sp³-hybridized carbons (Fsp3) is 0. The average molecular weight is 732 g/mol. The average Bonchev–Trinajstić information content (AvgIpc) is 3.63. The van der Waals surface area contributed by atoms with E-state index in [1.165, 1.54) is 36.4 Å². The monoisotopic (exact) mass is 731 g/mol. The number of cyclic esters (lactones) is 4. The summed E-state index contributed by atoms with van der Waals surface area (Å²) in [5.41, 5.74) is 20.3. The third-order valence-corrected chi connectivity index (χ3v) is 7.86. The van der Waals surface area contributed by atoms with Crippen LogP contribution in [0.15, 0.2) is 133 Å². The van der Waals surface area contributed by atoms with Gasteiger partial charge in [0.05, 0.1) is 22.3 Å². The fourth-order valence-electron chi connectivity index (χ4n) is 5.28. The second kappa shape index (κ2) is 16.0. The van der Waals surface area contributed by atoms with Crippen molar-refractivity contribution in [3.63, 3.8) is 0 Å². The largest absolute Gasteiger partial charge is 0.457 e. The summed E-state index contributed by atoms with van der Waals surface area (Å²) in [6.45, 7) is 0. The van der Waals surface area contributed by atoms with Gasteiger partial charge in [-0.05, 0) is 78.9 Å². The van der Waals surface area contributed by atoms with E-state index in [4.69, 9.17) is 33.1 Å². The highest BCUT2D eigenvalue weighted by molar-refractivity contribution is 6.19. The van der Waals surface area contributed by atoms with Crippen molar-refractivity contribution in [1.29, 1.82) is 0 Å². The SMILES string of the molecule is C#Cc1cccc(N)c1.Nc1cccc(Oc2cccc(Oc3cccc(N)c3)c2)c1.O=C(c1ccc2c(c1)C(=O)OC2=O)c1ccc2c(c1)C(=O)OC2=O. The number of anilines is 3. The molecular weight excluding hydrogens is 702 g/mol. The van der Waals surface area contributed by atoms with Crippen LogP contribution >= 0.6 is 0 Å². The number of fused-ring (bicyclic) bond motifs is 2. The minimum absolute atomic E-state index is 0.0154. The van der Waals surface area contributed by atoms with Gasteiger partial charge < -0.3 is 36.1 Å². The molecule has 0 aromatic heterocycles. The number of ketones is 1. The van der Waals surface area contributed by atoms with Gasteiger partial charge in [-0.25, -0.2) is 19.2 Å². The summed E-state index contributed by atoms with van der Waals surface area (Å²) < 4.78 is 20.5. The van der Waals surface area contributed by atoms with Crippen LogP contribution in [0.5, 0.6) is 23.0 Å². The molecule has 6 aromatic rings. The number of rotatable bonds is 6. The lowest BCUT2D eigenvalue weighted by Gasteiger charge is -2.09. The second-order valence-electron chi connectivity index (χ2n) is 11.8. The number of hydrogen-bond acceptors (Lipinski definition) is 12. The van der Waals surface area contributed by atoms with Crippen LogP contribution in [0.2, 0.25) is 0 Å². The number of nitrogen functional groups attached to an aromatic ring is 3. The second-order valence-corrected chi connectivity index (χ2v) is 11.8. The molecule has 0 atom stereocenters. The summed E-state index contributed by atoms with van der Waals surface area (Å²) in [6, 6.07) is 37.2. The third-order valence-electron chi connectivity index (χ3n) is 7.86. The van der Waals surface area contributed by atoms with Crippen LogP contribution in [0.3, 0.4) is 0 Å². The van der Waals surface area contributed by atoms with Gasteiger partial charge in [-0.3, -0.25) is 4.79 Å². The van der Waals surface area contributed by atoms with E-state index < -0.39 is 29.7 Å². The molecule has 0 unspecified atom stereocenters. The van der Waals surface area contributed by atoms with Crippen LogP contribution in [0, 0.1) is 12.3 Å². The Labute approximate surface area is 314 Å².